The number of halogens is 1. The molecule has 0 radical (unpaired) electrons. The molecule has 2 heterocycles. The van der Waals surface area contributed by atoms with Crippen LogP contribution in [-0.2, 0) is 11.3 Å². The number of rotatable bonds is 3. The fourth-order valence-corrected chi connectivity index (χ4v) is 2.89. The first-order chi connectivity index (χ1) is 10.9. The van der Waals surface area contributed by atoms with Crippen molar-refractivity contribution in [3.63, 3.8) is 0 Å². The smallest absolute Gasteiger partial charge is 0.307 e. The fourth-order valence-electron chi connectivity index (χ4n) is 2.89. The number of nitrogens with zero attached hydrogens (tertiary/aromatic N) is 3. The highest BCUT2D eigenvalue weighted by atomic mass is 19.1. The number of carbonyl (C=O) groups excluding carboxylic acids is 1. The predicted octanol–water partition coefficient (Wildman–Crippen LogP) is 0.0331. The van der Waals surface area contributed by atoms with Crippen LogP contribution in [-0.4, -0.2) is 51.7 Å². The first-order valence-electron chi connectivity index (χ1n) is 7.40. The number of benzene rings is 1. The second kappa shape index (κ2) is 6.09. The van der Waals surface area contributed by atoms with E-state index in [0.717, 1.165) is 5.01 Å². The molecule has 2 fully saturated rings. The lowest BCUT2D eigenvalue weighted by Gasteiger charge is -2.29. The first-order valence-corrected chi connectivity index (χ1v) is 7.40. The van der Waals surface area contributed by atoms with Crippen LogP contribution in [0.1, 0.15) is 18.4 Å². The van der Waals surface area contributed by atoms with Gasteiger partial charge >= 0.3 is 5.91 Å². The molecule has 3 N–H and O–H groups in total. The maximum Gasteiger partial charge on any atom is 0.307 e. The summed E-state index contributed by atoms with van der Waals surface area (Å²) in [6.45, 7) is 1.49. The Kier molecular flexibility index (Phi) is 4.14. The van der Waals surface area contributed by atoms with Crippen LogP contribution in [0.5, 0.6) is 5.75 Å². The number of hydrogen-bond acceptors (Lipinski definition) is 5. The second-order valence-corrected chi connectivity index (χ2v) is 5.82. The molecule has 2 aliphatic rings. The van der Waals surface area contributed by atoms with E-state index in [1.165, 1.54) is 12.1 Å². The van der Waals surface area contributed by atoms with Crippen LogP contribution < -0.4 is 10.4 Å². The Morgan fingerprint density at radius 3 is 2.61 bits per heavy atom. The zero-order chi connectivity index (χ0) is 16.6. The van der Waals surface area contributed by atoms with Gasteiger partial charge in [0.15, 0.2) is 18.0 Å². The number of amides is 1. The van der Waals surface area contributed by atoms with Crippen molar-refractivity contribution in [1.29, 1.82) is 0 Å². The zero-order valence-electron chi connectivity index (χ0n) is 12.4. The predicted molar refractivity (Wildman–Crippen MR) is 77.7 cm³/mol. The van der Waals surface area contributed by atoms with Crippen molar-refractivity contribution >= 4 is 11.6 Å². The largest absolute Gasteiger partial charge is 0.505 e. The van der Waals surface area contributed by atoms with Crippen molar-refractivity contribution in [1.82, 2.24) is 10.3 Å². The van der Waals surface area contributed by atoms with Crippen molar-refractivity contribution in [3.8, 4) is 5.75 Å². The quantitative estimate of drug-likeness (QED) is 0.679. The number of aliphatic hydroxyl groups excluding tert-OH is 1. The lowest BCUT2D eigenvalue weighted by molar-refractivity contribution is -0.591. The van der Waals surface area contributed by atoms with E-state index in [-0.39, 0.29) is 23.3 Å². The molecule has 1 amide bonds. The van der Waals surface area contributed by atoms with E-state index in [1.54, 1.807) is 0 Å². The average Bonchev–Trinajstić information content (AvgIpc) is 2.79. The van der Waals surface area contributed by atoms with Gasteiger partial charge in [0.05, 0.1) is 11.0 Å². The zero-order valence-corrected chi connectivity index (χ0v) is 12.4. The number of likely N-dealkylation sites (tertiary alicyclic amines) is 1. The summed E-state index contributed by atoms with van der Waals surface area (Å²) in [5.41, 5.74) is 2.20. The fraction of sp³-hybridized carbons (Fsp3) is 0.500. The first kappa shape index (κ1) is 15.6. The normalized spacial score (nSPS) is 20.2. The third-order valence-corrected chi connectivity index (χ3v) is 4.06. The monoisotopic (exact) mass is 325 g/mol. The lowest BCUT2D eigenvalue weighted by atomic mass is 10.1. The summed E-state index contributed by atoms with van der Waals surface area (Å²) in [7, 11) is 0. The van der Waals surface area contributed by atoms with Crippen molar-refractivity contribution in [2.75, 3.05) is 24.6 Å². The summed E-state index contributed by atoms with van der Waals surface area (Å²) in [5, 5.41) is 20.3. The Bertz CT molecular complexity index is 623. The van der Waals surface area contributed by atoms with Gasteiger partial charge in [0.2, 0.25) is 0 Å². The number of phenolic OH excluding ortho intramolecular Hbond substituents is 1. The van der Waals surface area contributed by atoms with Gasteiger partial charge in [-0.3, -0.25) is 9.69 Å². The van der Waals surface area contributed by atoms with E-state index in [2.05, 4.69) is 4.90 Å². The number of phenols is 1. The van der Waals surface area contributed by atoms with E-state index < -0.39 is 17.5 Å². The Labute approximate surface area is 131 Å². The number of anilines is 1. The van der Waals surface area contributed by atoms with Gasteiger partial charge in [0.1, 0.15) is 5.75 Å². The second-order valence-electron chi connectivity index (χ2n) is 5.82. The number of hydrogen-bond donors (Lipinski definition) is 3. The minimum absolute atomic E-state index is 0.103. The summed E-state index contributed by atoms with van der Waals surface area (Å²) in [4.78, 5) is 24.9. The minimum Gasteiger partial charge on any atom is -0.505 e. The third kappa shape index (κ3) is 3.25. The van der Waals surface area contributed by atoms with Gasteiger partial charge in [-0.05, 0) is 30.5 Å². The highest BCUT2D eigenvalue weighted by Crippen LogP contribution is 2.33. The molecule has 8 nitrogen and oxygen atoms in total. The molecule has 2 saturated heterocycles. The number of nitrogens with one attached hydrogen (secondary N) is 1. The molecule has 0 atom stereocenters. The van der Waals surface area contributed by atoms with Crippen molar-refractivity contribution in [2.45, 2.75) is 25.5 Å². The van der Waals surface area contributed by atoms with E-state index in [1.807, 2.05) is 5.43 Å². The van der Waals surface area contributed by atoms with Crippen LogP contribution >= 0.6 is 0 Å². The van der Waals surface area contributed by atoms with Gasteiger partial charge in [-0.2, -0.15) is 0 Å². The summed E-state index contributed by atoms with van der Waals surface area (Å²) < 4.78 is 14.3. The molecule has 0 aromatic heterocycles. The van der Waals surface area contributed by atoms with Crippen LogP contribution in [0.4, 0.5) is 10.1 Å². The standard InChI is InChI=1S/C14H17FN4O4/c15-11-5-9(7-17-3-1-10(20)2-4-17)6-12(21)14(11)18-8-13(22)16-19(18)23/h5-6,10,20H,1-4,7-8H2,(H-,16,21,22,23)/p+1. The van der Waals surface area contributed by atoms with Gasteiger partial charge in [-0.25, -0.2) is 4.39 Å². The average molecular weight is 325 g/mol. The molecule has 23 heavy (non-hydrogen) atoms. The highest BCUT2D eigenvalue weighted by Gasteiger charge is 2.40. The topological polar surface area (TPSA) is 96.1 Å². The SMILES string of the molecule is O=C1CN(c2c(O)cc(CN3CCC(O)CC3)cc2F)[N+](=O)N1. The van der Waals surface area contributed by atoms with Crippen molar-refractivity contribution in [2.24, 2.45) is 0 Å². The number of aromatic hydroxyl groups is 1. The molecule has 0 bridgehead atoms. The Hall–Kier alpha value is -2.26. The van der Waals surface area contributed by atoms with Crippen LogP contribution in [0.25, 0.3) is 0 Å². The van der Waals surface area contributed by atoms with Gasteiger partial charge in [0.25, 0.3) is 4.98 Å². The molecule has 9 heteroatoms. The number of aliphatic hydroxyl groups is 1. The maximum atomic E-state index is 14.3. The highest BCUT2D eigenvalue weighted by molar-refractivity contribution is 5.82. The van der Waals surface area contributed by atoms with E-state index in [0.29, 0.717) is 38.0 Å². The number of carbonyl (C=O) groups is 1. The summed E-state index contributed by atoms with van der Waals surface area (Å²) in [6.07, 6.45) is 1.04. The van der Waals surface area contributed by atoms with Gasteiger partial charge < -0.3 is 10.2 Å². The maximum absolute atomic E-state index is 14.3. The van der Waals surface area contributed by atoms with Crippen LogP contribution in [0.3, 0.4) is 0 Å². The molecule has 0 spiro atoms. The van der Waals surface area contributed by atoms with Gasteiger partial charge in [-0.1, -0.05) is 10.4 Å². The Balaban J connectivity index is 1.78. The van der Waals surface area contributed by atoms with Crippen molar-refractivity contribution < 1.29 is 24.4 Å². The number of hydrazine groups is 2. The molecular formula is C14H18FN4O4+. The van der Waals surface area contributed by atoms with Crippen molar-refractivity contribution in [3.05, 3.63) is 28.4 Å². The summed E-state index contributed by atoms with van der Waals surface area (Å²) in [5.74, 6) is -1.74. The van der Waals surface area contributed by atoms with Gasteiger partial charge in [-0.15, -0.1) is 0 Å². The number of nitroso groups, excluding NO2 is 1. The Morgan fingerprint density at radius 2 is 2.04 bits per heavy atom. The molecular weight excluding hydrogens is 307 g/mol. The number of piperidine rings is 1. The molecule has 0 saturated carbocycles. The summed E-state index contributed by atoms with van der Waals surface area (Å²) in [6, 6.07) is 2.64. The molecule has 3 rings (SSSR count). The third-order valence-electron chi connectivity index (χ3n) is 4.06. The van der Waals surface area contributed by atoms with E-state index >= 15 is 0 Å². The molecule has 1 aromatic rings. The lowest BCUT2D eigenvalue weighted by Crippen LogP contribution is -2.35. The molecule has 1 aromatic carbocycles. The molecule has 0 unspecified atom stereocenters. The van der Waals surface area contributed by atoms with E-state index in [4.69, 9.17) is 0 Å². The van der Waals surface area contributed by atoms with Crippen LogP contribution in [0.2, 0.25) is 0 Å². The van der Waals surface area contributed by atoms with E-state index in [9.17, 15) is 24.3 Å². The van der Waals surface area contributed by atoms with Crippen LogP contribution in [0, 0.1) is 10.7 Å². The van der Waals surface area contributed by atoms with Crippen LogP contribution in [0.15, 0.2) is 12.1 Å². The Morgan fingerprint density at radius 1 is 1.35 bits per heavy atom. The molecule has 0 aliphatic carbocycles. The molecule has 124 valence electrons. The summed E-state index contributed by atoms with van der Waals surface area (Å²) >= 11 is 0. The molecule has 2 aliphatic heterocycles. The van der Waals surface area contributed by atoms with Gasteiger partial charge in [0, 0.05) is 19.6 Å². The minimum atomic E-state index is -0.769.